The summed E-state index contributed by atoms with van der Waals surface area (Å²) in [5, 5.41) is 6.79. The van der Waals surface area contributed by atoms with E-state index in [9.17, 15) is 8.42 Å². The Morgan fingerprint density at radius 2 is 1.73 bits per heavy atom. The van der Waals surface area contributed by atoms with Crippen LogP contribution in [0, 0.1) is 0 Å². The van der Waals surface area contributed by atoms with Gasteiger partial charge in [0.25, 0.3) is 0 Å². The molecule has 10 heteroatoms. The molecule has 2 N–H and O–H groups in total. The number of hydrogen-bond donors (Lipinski definition) is 2. The van der Waals surface area contributed by atoms with Crippen molar-refractivity contribution in [3.05, 3.63) is 42.5 Å². The number of rotatable bonds is 7. The summed E-state index contributed by atoms with van der Waals surface area (Å²) in [6.07, 6.45) is 2.23. The van der Waals surface area contributed by atoms with Gasteiger partial charge in [-0.15, -0.1) is 0 Å². The molecule has 8 nitrogen and oxygen atoms in total. The van der Waals surface area contributed by atoms with Gasteiger partial charge in [-0.2, -0.15) is 4.31 Å². The maximum atomic E-state index is 13.2. The Kier molecular flexibility index (Phi) is 7.69. The lowest BCUT2D eigenvalue weighted by Crippen LogP contribution is -2.40. The minimum atomic E-state index is -3.61. The first-order valence-electron chi connectivity index (χ1n) is 11.2. The molecule has 0 aromatic heterocycles. The summed E-state index contributed by atoms with van der Waals surface area (Å²) in [4.78, 5) is 2.51. The van der Waals surface area contributed by atoms with Gasteiger partial charge < -0.3 is 25.0 Å². The van der Waals surface area contributed by atoms with E-state index in [1.165, 1.54) is 4.31 Å². The molecule has 0 spiro atoms. The van der Waals surface area contributed by atoms with Gasteiger partial charge >= 0.3 is 0 Å². The molecule has 33 heavy (non-hydrogen) atoms. The van der Waals surface area contributed by atoms with Gasteiger partial charge in [-0.25, -0.2) is 8.42 Å². The van der Waals surface area contributed by atoms with Crippen molar-refractivity contribution in [1.82, 2.24) is 4.31 Å². The van der Waals surface area contributed by atoms with Crippen LogP contribution in [-0.4, -0.2) is 63.8 Å². The molecule has 2 aliphatic rings. The van der Waals surface area contributed by atoms with Crippen LogP contribution in [0.4, 0.5) is 17.1 Å². The molecule has 2 aromatic rings. The highest BCUT2D eigenvalue weighted by Gasteiger charge is 2.28. The summed E-state index contributed by atoms with van der Waals surface area (Å²) < 4.78 is 38.7. The smallest absolute Gasteiger partial charge is 0.243 e. The van der Waals surface area contributed by atoms with E-state index in [0.29, 0.717) is 43.7 Å². The highest BCUT2D eigenvalue weighted by Crippen LogP contribution is 2.32. The second-order valence-electron chi connectivity index (χ2n) is 7.93. The van der Waals surface area contributed by atoms with Crippen molar-refractivity contribution in [2.45, 2.75) is 24.7 Å². The number of benzene rings is 2. The second kappa shape index (κ2) is 10.7. The highest BCUT2D eigenvalue weighted by atomic mass is 32.2. The van der Waals surface area contributed by atoms with Crippen LogP contribution in [0.3, 0.4) is 0 Å². The molecule has 0 atom stereocenters. The predicted octanol–water partition coefficient (Wildman–Crippen LogP) is 3.52. The quantitative estimate of drug-likeness (QED) is 0.571. The van der Waals surface area contributed by atoms with Crippen LogP contribution in [0.25, 0.3) is 0 Å². The number of thiocarbonyl (C=S) groups is 1. The third-order valence-electron chi connectivity index (χ3n) is 5.69. The SMILES string of the molecule is CCOc1ccc(NC(=S)Nc2cc(S(=O)(=O)N3CCOCC3)ccc2N2CCCC2)cc1. The van der Waals surface area contributed by atoms with Crippen molar-refractivity contribution in [1.29, 1.82) is 0 Å². The number of morpholine rings is 1. The average Bonchev–Trinajstić information content (AvgIpc) is 3.36. The molecule has 2 aliphatic heterocycles. The minimum Gasteiger partial charge on any atom is -0.494 e. The molecule has 0 radical (unpaired) electrons. The van der Waals surface area contributed by atoms with Gasteiger partial charge in [-0.3, -0.25) is 0 Å². The van der Waals surface area contributed by atoms with Crippen molar-refractivity contribution >= 4 is 44.4 Å². The maximum absolute atomic E-state index is 13.2. The summed E-state index contributed by atoms with van der Waals surface area (Å²) in [6, 6.07) is 12.8. The van der Waals surface area contributed by atoms with Crippen molar-refractivity contribution < 1.29 is 17.9 Å². The fraction of sp³-hybridized carbons (Fsp3) is 0.435. The second-order valence-corrected chi connectivity index (χ2v) is 10.3. The molecule has 0 aliphatic carbocycles. The van der Waals surface area contributed by atoms with Crippen LogP contribution in [0.1, 0.15) is 19.8 Å². The summed E-state index contributed by atoms with van der Waals surface area (Å²) in [5.41, 5.74) is 2.44. The first kappa shape index (κ1) is 23.7. The summed E-state index contributed by atoms with van der Waals surface area (Å²) >= 11 is 5.55. The molecule has 2 heterocycles. The van der Waals surface area contributed by atoms with Gasteiger partial charge in [0.1, 0.15) is 5.75 Å². The number of nitrogens with zero attached hydrogens (tertiary/aromatic N) is 2. The summed E-state index contributed by atoms with van der Waals surface area (Å²) in [6.45, 7) is 5.95. The van der Waals surface area contributed by atoms with Gasteiger partial charge in [-0.1, -0.05) is 0 Å². The fourth-order valence-corrected chi connectivity index (χ4v) is 5.69. The number of nitrogens with one attached hydrogen (secondary N) is 2. The fourth-order valence-electron chi connectivity index (χ4n) is 4.03. The van der Waals surface area contributed by atoms with E-state index < -0.39 is 10.0 Å². The third-order valence-corrected chi connectivity index (χ3v) is 7.79. The largest absolute Gasteiger partial charge is 0.494 e. The lowest BCUT2D eigenvalue weighted by Gasteiger charge is -2.27. The first-order valence-corrected chi connectivity index (χ1v) is 13.1. The van der Waals surface area contributed by atoms with E-state index >= 15 is 0 Å². The zero-order valence-corrected chi connectivity index (χ0v) is 20.4. The number of anilines is 3. The van der Waals surface area contributed by atoms with Crippen molar-refractivity contribution in [3.8, 4) is 5.75 Å². The lowest BCUT2D eigenvalue weighted by atomic mass is 10.2. The van der Waals surface area contributed by atoms with E-state index in [4.69, 9.17) is 21.7 Å². The molecule has 178 valence electrons. The minimum absolute atomic E-state index is 0.249. The predicted molar refractivity (Wildman–Crippen MR) is 135 cm³/mol. The molecule has 0 unspecified atom stereocenters. The Labute approximate surface area is 200 Å². The van der Waals surface area contributed by atoms with Crippen molar-refractivity contribution in [2.24, 2.45) is 0 Å². The Hall–Kier alpha value is -2.40. The van der Waals surface area contributed by atoms with Crippen molar-refractivity contribution in [2.75, 3.05) is 61.5 Å². The Balaban J connectivity index is 1.56. The van der Waals surface area contributed by atoms with E-state index in [1.807, 2.05) is 37.3 Å². The monoisotopic (exact) mass is 490 g/mol. The van der Waals surface area contributed by atoms with Crippen molar-refractivity contribution in [3.63, 3.8) is 0 Å². The molecule has 0 bridgehead atoms. The van der Waals surface area contributed by atoms with Gasteiger partial charge in [0.15, 0.2) is 5.11 Å². The third kappa shape index (κ3) is 5.75. The summed E-state index contributed by atoms with van der Waals surface area (Å²) in [7, 11) is -3.61. The van der Waals surface area contributed by atoms with Gasteiger partial charge in [0, 0.05) is 31.9 Å². The van der Waals surface area contributed by atoms with E-state index in [-0.39, 0.29) is 4.90 Å². The zero-order valence-electron chi connectivity index (χ0n) is 18.7. The number of hydrogen-bond acceptors (Lipinski definition) is 6. The Morgan fingerprint density at radius 3 is 2.39 bits per heavy atom. The molecular weight excluding hydrogens is 460 g/mol. The van der Waals surface area contributed by atoms with Crippen LogP contribution in [0.5, 0.6) is 5.75 Å². The summed E-state index contributed by atoms with van der Waals surface area (Å²) in [5.74, 6) is 0.791. The molecule has 0 amide bonds. The molecule has 2 aromatic carbocycles. The molecular formula is C23H30N4O4S2. The topological polar surface area (TPSA) is 83.1 Å². The van der Waals surface area contributed by atoms with Crippen LogP contribution < -0.4 is 20.3 Å². The van der Waals surface area contributed by atoms with Crippen LogP contribution >= 0.6 is 12.2 Å². The molecule has 2 saturated heterocycles. The van der Waals surface area contributed by atoms with Crippen LogP contribution in [-0.2, 0) is 14.8 Å². The van der Waals surface area contributed by atoms with E-state index in [1.54, 1.807) is 12.1 Å². The Morgan fingerprint density at radius 1 is 1.03 bits per heavy atom. The number of ether oxygens (including phenoxy) is 2. The van der Waals surface area contributed by atoms with Crippen LogP contribution in [0.2, 0.25) is 0 Å². The maximum Gasteiger partial charge on any atom is 0.243 e. The van der Waals surface area contributed by atoms with E-state index in [0.717, 1.165) is 43.1 Å². The van der Waals surface area contributed by atoms with E-state index in [2.05, 4.69) is 15.5 Å². The van der Waals surface area contributed by atoms with Gasteiger partial charge in [0.05, 0.1) is 36.1 Å². The van der Waals surface area contributed by atoms with Gasteiger partial charge in [0.2, 0.25) is 10.0 Å². The molecule has 2 fully saturated rings. The standard InChI is InChI=1S/C23H30N4O4S2/c1-2-31-19-7-5-18(6-8-19)24-23(32)25-21-17-20(9-10-22(21)26-11-3-4-12-26)33(28,29)27-13-15-30-16-14-27/h5-10,17H,2-4,11-16H2,1H3,(H2,24,25,32). The van der Waals surface area contributed by atoms with Crippen LogP contribution in [0.15, 0.2) is 47.4 Å². The van der Waals surface area contributed by atoms with Gasteiger partial charge in [-0.05, 0) is 74.4 Å². The average molecular weight is 491 g/mol. The first-order chi connectivity index (χ1) is 16.0. The lowest BCUT2D eigenvalue weighted by molar-refractivity contribution is 0.0730. The molecule has 4 rings (SSSR count). The Bertz CT molecular complexity index is 1060. The number of sulfonamides is 1. The molecule has 0 saturated carbocycles. The zero-order chi connectivity index (χ0) is 23.3. The normalized spacial score (nSPS) is 17.1. The highest BCUT2D eigenvalue weighted by molar-refractivity contribution is 7.89.